The fourth-order valence-corrected chi connectivity index (χ4v) is 4.04. The van der Waals surface area contributed by atoms with E-state index in [1.807, 2.05) is 62.5 Å². The number of rotatable bonds is 6. The Labute approximate surface area is 260 Å². The van der Waals surface area contributed by atoms with Crippen molar-refractivity contribution in [3.63, 3.8) is 0 Å². The van der Waals surface area contributed by atoms with Crippen LogP contribution in [0.25, 0.3) is 0 Å². The van der Waals surface area contributed by atoms with Crippen molar-refractivity contribution in [2.45, 2.75) is 13.8 Å². The monoisotopic (exact) mass is 780 g/mol. The van der Waals surface area contributed by atoms with E-state index in [1.165, 1.54) is 18.9 Å². The summed E-state index contributed by atoms with van der Waals surface area (Å²) in [7, 11) is 5.16. The zero-order valence-electron chi connectivity index (χ0n) is 23.8. The highest BCUT2D eigenvalue weighted by Gasteiger charge is 2.27. The molecule has 0 fully saturated rings. The van der Waals surface area contributed by atoms with Crippen LogP contribution in [0.3, 0.4) is 0 Å². The molecule has 1 N–H and O–H groups in total. The van der Waals surface area contributed by atoms with Crippen molar-refractivity contribution in [3.8, 4) is 23.0 Å². The second-order valence-corrected chi connectivity index (χ2v) is 10.4. The van der Waals surface area contributed by atoms with Gasteiger partial charge in [-0.15, -0.1) is 4.68 Å². The van der Waals surface area contributed by atoms with Crippen molar-refractivity contribution in [2.24, 2.45) is 14.1 Å². The Hall–Kier alpha value is -3.21. The molecule has 2 aromatic carbocycles. The van der Waals surface area contributed by atoms with Gasteiger partial charge in [-0.25, -0.2) is 9.59 Å². The molecule has 0 atom stereocenters. The van der Waals surface area contributed by atoms with E-state index in [1.54, 1.807) is 18.7 Å². The van der Waals surface area contributed by atoms with Gasteiger partial charge in [0.2, 0.25) is 17.1 Å². The molecule has 0 amide bonds. The van der Waals surface area contributed by atoms with Crippen LogP contribution >= 0.6 is 45.2 Å². The van der Waals surface area contributed by atoms with Crippen molar-refractivity contribution in [1.29, 1.82) is 0 Å². The number of halogens is 3. The van der Waals surface area contributed by atoms with Crippen LogP contribution in [0, 0.1) is 21.0 Å². The van der Waals surface area contributed by atoms with E-state index in [9.17, 15) is 14.0 Å². The molecule has 0 bridgehead atoms. The minimum absolute atomic E-state index is 0.304. The predicted octanol–water partition coefficient (Wildman–Crippen LogP) is 5.83. The first-order chi connectivity index (χ1) is 19.5. The van der Waals surface area contributed by atoms with Crippen molar-refractivity contribution in [2.75, 3.05) is 21.4 Å². The third-order valence-corrected chi connectivity index (χ3v) is 6.78. The summed E-state index contributed by atoms with van der Waals surface area (Å²) in [5.74, 6) is 1.31. The van der Waals surface area contributed by atoms with E-state index in [0.717, 1.165) is 12.8 Å². The van der Waals surface area contributed by atoms with Crippen LogP contribution in [0.5, 0.6) is 23.0 Å². The third kappa shape index (κ3) is 8.39. The number of hydrogen-bond donors (Lipinski definition) is 1. The van der Waals surface area contributed by atoms with Crippen molar-refractivity contribution < 1.29 is 39.0 Å². The number of aryl methyl sites for hydroxylation is 3. The van der Waals surface area contributed by atoms with Gasteiger partial charge >= 0.3 is 11.9 Å². The number of nitrogens with zero attached hydrogens (tertiary/aromatic N) is 3. The number of nitrogens with one attached hydrogen (secondary N) is 1. The normalized spacial score (nSPS) is 10.3. The van der Waals surface area contributed by atoms with Gasteiger partial charge in [0, 0.05) is 21.1 Å². The molecule has 0 spiro atoms. The SMILES string of the molecule is COC(=O)c1[nH][n+](C)c(C)c1Oc1ccc(I)cc1.COC(=O)c1c(Oc2ccc(I)cc2)c(C)nn1C.[2H]CF. The van der Waals surface area contributed by atoms with E-state index in [0.29, 0.717) is 40.1 Å². The molecule has 40 heavy (non-hydrogen) atoms. The summed E-state index contributed by atoms with van der Waals surface area (Å²) in [5, 5.41) is 7.09. The van der Waals surface area contributed by atoms with Gasteiger partial charge in [0.25, 0.3) is 0 Å². The second kappa shape index (κ2) is 15.5. The zero-order chi connectivity index (χ0) is 30.7. The van der Waals surface area contributed by atoms with Gasteiger partial charge in [0.15, 0.2) is 18.5 Å². The predicted molar refractivity (Wildman–Crippen MR) is 163 cm³/mol. The third-order valence-electron chi connectivity index (χ3n) is 5.34. The molecular weight excluding hydrogens is 749 g/mol. The highest BCUT2D eigenvalue weighted by atomic mass is 127. The molecule has 0 aliphatic rings. The second-order valence-electron chi connectivity index (χ2n) is 7.94. The summed E-state index contributed by atoms with van der Waals surface area (Å²) in [6.45, 7) is 3.65. The first-order valence-corrected chi connectivity index (χ1v) is 13.6. The average molecular weight is 780 g/mol. The van der Waals surface area contributed by atoms with Gasteiger partial charge in [-0.3, -0.25) is 9.07 Å². The first-order valence-electron chi connectivity index (χ1n) is 12.2. The molecule has 10 nitrogen and oxygen atoms in total. The summed E-state index contributed by atoms with van der Waals surface area (Å²) in [4.78, 5) is 23.4. The van der Waals surface area contributed by atoms with Gasteiger partial charge in [-0.05, 0) is 101 Å². The maximum absolute atomic E-state index is 11.7. The number of hydrogen-bond acceptors (Lipinski definition) is 7. The van der Waals surface area contributed by atoms with Gasteiger partial charge in [-0.2, -0.15) is 10.2 Å². The van der Waals surface area contributed by atoms with Gasteiger partial charge in [-0.1, -0.05) is 0 Å². The van der Waals surface area contributed by atoms with E-state index in [2.05, 4.69) is 55.4 Å². The molecule has 0 saturated carbocycles. The van der Waals surface area contributed by atoms with Gasteiger partial charge in [0.05, 0.1) is 22.7 Å². The van der Waals surface area contributed by atoms with E-state index >= 15 is 0 Å². The smallest absolute Gasteiger partial charge is 0.364 e. The number of carbonyl (C=O) groups is 2. The Kier molecular flexibility index (Phi) is 12.2. The Bertz CT molecular complexity index is 1410. The van der Waals surface area contributed by atoms with Crippen molar-refractivity contribution in [3.05, 3.63) is 78.4 Å². The van der Waals surface area contributed by atoms with Crippen LogP contribution in [0.2, 0.25) is 0 Å². The number of aromatic nitrogens is 4. The molecule has 4 rings (SSSR count). The lowest BCUT2D eigenvalue weighted by Gasteiger charge is -2.07. The molecule has 2 heterocycles. The van der Waals surface area contributed by atoms with Crippen molar-refractivity contribution in [1.82, 2.24) is 14.9 Å². The van der Waals surface area contributed by atoms with Crippen LogP contribution in [0.15, 0.2) is 48.5 Å². The van der Waals surface area contributed by atoms with Crippen LogP contribution in [-0.4, -0.2) is 48.2 Å². The largest absolute Gasteiger partial charge is 0.464 e. The van der Waals surface area contributed by atoms with E-state index in [4.69, 9.17) is 20.3 Å². The summed E-state index contributed by atoms with van der Waals surface area (Å²) >= 11 is 4.44. The highest BCUT2D eigenvalue weighted by molar-refractivity contribution is 14.1. The number of aromatic amines is 1. The zero-order valence-corrected chi connectivity index (χ0v) is 27.1. The maximum Gasteiger partial charge on any atom is 0.364 e. The molecule has 0 unspecified atom stereocenters. The molecule has 4 aromatic rings. The molecule has 214 valence electrons. The summed E-state index contributed by atoms with van der Waals surface area (Å²) in [5.41, 5.74) is 2.07. The molecule has 0 aliphatic carbocycles. The molecular formula is C27H30FI2N4O6+. The quantitative estimate of drug-likeness (QED) is 0.149. The Morgan fingerprint density at radius 1 is 0.925 bits per heavy atom. The van der Waals surface area contributed by atoms with Crippen molar-refractivity contribution >= 4 is 57.1 Å². The van der Waals surface area contributed by atoms with Crippen LogP contribution in [0.4, 0.5) is 4.39 Å². The topological polar surface area (TPSA) is 109 Å². The Morgan fingerprint density at radius 3 is 1.82 bits per heavy atom. The number of ether oxygens (including phenoxy) is 4. The lowest BCUT2D eigenvalue weighted by Crippen LogP contribution is -2.33. The van der Waals surface area contributed by atoms with Crippen LogP contribution in [0.1, 0.15) is 33.7 Å². The lowest BCUT2D eigenvalue weighted by atomic mass is 10.3. The minimum Gasteiger partial charge on any atom is -0.464 e. The summed E-state index contributed by atoms with van der Waals surface area (Å²) < 4.78 is 41.9. The average Bonchev–Trinajstić information content (AvgIpc) is 3.39. The molecule has 2 aromatic heterocycles. The van der Waals surface area contributed by atoms with E-state index < -0.39 is 19.1 Å². The maximum atomic E-state index is 11.7. The minimum atomic E-state index is -1.00. The fraction of sp³-hybridized carbons (Fsp3) is 0.259. The first kappa shape index (κ1) is 31.3. The van der Waals surface area contributed by atoms with Gasteiger partial charge in [0.1, 0.15) is 17.2 Å². The van der Waals surface area contributed by atoms with E-state index in [-0.39, 0.29) is 0 Å². The fourth-order valence-electron chi connectivity index (χ4n) is 3.32. The Morgan fingerprint density at radius 2 is 1.38 bits per heavy atom. The summed E-state index contributed by atoms with van der Waals surface area (Å²) in [6, 6.07) is 15.1. The Balaban J connectivity index is 0.000000262. The standard InChI is InChI=1S/2C13H13IN2O3.CH3F/c1-8-12(11(13(17)18-3)15-16(8)2)19-10-6-4-9(14)5-7-10;1-8-12(11(13(17)18-3)16(2)15-8)19-10-6-4-9(14)5-7-10;1-2/h2*4-7H,1-3H3;1H3/p+1/i;;1D. The number of esters is 2. The number of alkyl halides is 1. The van der Waals surface area contributed by atoms with Gasteiger partial charge < -0.3 is 18.9 Å². The van der Waals surface area contributed by atoms with Crippen LogP contribution in [-0.2, 0) is 23.6 Å². The molecule has 0 radical (unpaired) electrons. The number of H-pyrrole nitrogens is 1. The highest BCUT2D eigenvalue weighted by Crippen LogP contribution is 2.30. The number of methoxy groups -OCH3 is 2. The molecule has 0 saturated heterocycles. The molecule has 13 heteroatoms. The molecule has 0 aliphatic heterocycles. The number of carbonyl (C=O) groups excluding carboxylic acids is 2. The summed E-state index contributed by atoms with van der Waals surface area (Å²) in [6.07, 6.45) is 0. The van der Waals surface area contributed by atoms with Crippen LogP contribution < -0.4 is 14.2 Å². The number of benzene rings is 2. The lowest BCUT2D eigenvalue weighted by molar-refractivity contribution is -0.732.